The van der Waals surface area contributed by atoms with Crippen LogP contribution in [0.4, 0.5) is 0 Å². The minimum absolute atomic E-state index is 0.0192. The van der Waals surface area contributed by atoms with Gasteiger partial charge in [-0.1, -0.05) is 25.5 Å². The van der Waals surface area contributed by atoms with E-state index in [4.69, 9.17) is 5.11 Å². The molecular formula is C19H19N3O3S. The van der Waals surface area contributed by atoms with E-state index in [1.807, 2.05) is 13.0 Å². The Balaban J connectivity index is 2.29. The maximum absolute atomic E-state index is 12.8. The lowest BCUT2D eigenvalue weighted by molar-refractivity contribution is -0.127. The monoisotopic (exact) mass is 369 g/mol. The number of likely N-dealkylation sites (N-methyl/N-ethyl adjacent to an activating group) is 1. The molecule has 1 aromatic heterocycles. The Bertz CT molecular complexity index is 836. The van der Waals surface area contributed by atoms with Crippen molar-refractivity contribution < 1.29 is 14.7 Å². The van der Waals surface area contributed by atoms with Crippen LogP contribution in [-0.4, -0.2) is 33.9 Å². The van der Waals surface area contributed by atoms with Gasteiger partial charge >= 0.3 is 5.97 Å². The number of carboxylic acid groups (broad SMARTS) is 1. The highest BCUT2D eigenvalue weighted by Crippen LogP contribution is 2.26. The normalized spacial score (nSPS) is 12.3. The van der Waals surface area contributed by atoms with Gasteiger partial charge in [0, 0.05) is 18.6 Å². The molecule has 1 N–H and O–H groups in total. The molecule has 1 unspecified atom stereocenters. The second-order valence-corrected chi connectivity index (χ2v) is 6.61. The molecule has 0 saturated heterocycles. The third-order valence-electron chi connectivity index (χ3n) is 3.96. The molecule has 6 nitrogen and oxygen atoms in total. The van der Waals surface area contributed by atoms with Crippen LogP contribution in [0.25, 0.3) is 6.08 Å². The van der Waals surface area contributed by atoms with Gasteiger partial charge in [0.2, 0.25) is 0 Å². The molecule has 0 aliphatic carbocycles. The third kappa shape index (κ3) is 4.55. The van der Waals surface area contributed by atoms with E-state index < -0.39 is 5.97 Å². The smallest absolute Gasteiger partial charge is 0.335 e. The number of aromatic nitrogens is 1. The number of carbonyl (C=O) groups is 2. The second-order valence-electron chi connectivity index (χ2n) is 5.69. The van der Waals surface area contributed by atoms with Crippen molar-refractivity contribution in [2.75, 3.05) is 7.05 Å². The fourth-order valence-corrected chi connectivity index (χ4v) is 3.18. The van der Waals surface area contributed by atoms with Crippen LogP contribution in [0.2, 0.25) is 0 Å². The summed E-state index contributed by atoms with van der Waals surface area (Å²) in [6.45, 7) is 2.01. The molecule has 0 saturated carbocycles. The van der Waals surface area contributed by atoms with Crippen molar-refractivity contribution in [2.24, 2.45) is 0 Å². The average molecular weight is 369 g/mol. The van der Waals surface area contributed by atoms with E-state index in [2.05, 4.69) is 4.98 Å². The van der Waals surface area contributed by atoms with Crippen molar-refractivity contribution >= 4 is 29.3 Å². The molecule has 0 aliphatic rings. The van der Waals surface area contributed by atoms with Crippen LogP contribution in [0.1, 0.15) is 46.7 Å². The van der Waals surface area contributed by atoms with Crippen LogP contribution in [0.15, 0.2) is 41.4 Å². The number of carbonyl (C=O) groups excluding carboxylic acids is 1. The van der Waals surface area contributed by atoms with Crippen LogP contribution >= 0.6 is 11.3 Å². The lowest BCUT2D eigenvalue weighted by atomic mass is 9.99. The highest BCUT2D eigenvalue weighted by molar-refractivity contribution is 7.10. The number of nitrogens with zero attached hydrogens (tertiary/aromatic N) is 3. The maximum atomic E-state index is 12.8. The van der Waals surface area contributed by atoms with Crippen molar-refractivity contribution in [1.29, 1.82) is 5.26 Å². The minimum Gasteiger partial charge on any atom is -0.478 e. The molecule has 0 radical (unpaired) electrons. The Hall–Kier alpha value is -2.98. The SMILES string of the molecule is CCCC(c1ccc(C(=O)O)cc1)N(C)C(=O)C(C#N)=Cc1nccs1. The predicted molar refractivity (Wildman–Crippen MR) is 99.5 cm³/mol. The van der Waals surface area contributed by atoms with Gasteiger partial charge in [-0.2, -0.15) is 5.26 Å². The third-order valence-corrected chi connectivity index (χ3v) is 4.69. The molecule has 0 spiro atoms. The number of carboxylic acids is 1. The summed E-state index contributed by atoms with van der Waals surface area (Å²) in [5, 5.41) is 20.8. The van der Waals surface area contributed by atoms with E-state index in [-0.39, 0.29) is 23.1 Å². The Labute approximate surface area is 156 Å². The fraction of sp³-hybridized carbons (Fsp3) is 0.263. The number of aromatic carboxylic acids is 1. The first kappa shape index (κ1) is 19.3. The molecule has 0 bridgehead atoms. The largest absolute Gasteiger partial charge is 0.478 e. The summed E-state index contributed by atoms with van der Waals surface area (Å²) in [7, 11) is 1.65. The van der Waals surface area contributed by atoms with Gasteiger partial charge in [-0.05, 0) is 30.2 Å². The minimum atomic E-state index is -0.994. The van der Waals surface area contributed by atoms with E-state index in [1.165, 1.54) is 34.4 Å². The number of hydrogen-bond donors (Lipinski definition) is 1. The van der Waals surface area contributed by atoms with Gasteiger partial charge < -0.3 is 10.0 Å². The molecule has 1 amide bonds. The van der Waals surface area contributed by atoms with Crippen molar-refractivity contribution in [3.63, 3.8) is 0 Å². The van der Waals surface area contributed by atoms with Crippen molar-refractivity contribution in [2.45, 2.75) is 25.8 Å². The van der Waals surface area contributed by atoms with Crippen molar-refractivity contribution in [3.8, 4) is 6.07 Å². The van der Waals surface area contributed by atoms with Crippen molar-refractivity contribution in [3.05, 3.63) is 57.6 Å². The molecule has 0 aliphatic heterocycles. The maximum Gasteiger partial charge on any atom is 0.335 e. The van der Waals surface area contributed by atoms with Crippen LogP contribution < -0.4 is 0 Å². The van der Waals surface area contributed by atoms with Crippen LogP contribution in [0, 0.1) is 11.3 Å². The lowest BCUT2D eigenvalue weighted by Gasteiger charge is -2.28. The molecule has 134 valence electrons. The van der Waals surface area contributed by atoms with Gasteiger partial charge in [-0.15, -0.1) is 11.3 Å². The zero-order valence-corrected chi connectivity index (χ0v) is 15.4. The summed E-state index contributed by atoms with van der Waals surface area (Å²) in [5.74, 6) is -1.38. The van der Waals surface area contributed by atoms with Crippen LogP contribution in [0.3, 0.4) is 0 Å². The van der Waals surface area contributed by atoms with Crippen LogP contribution in [-0.2, 0) is 4.79 Å². The summed E-state index contributed by atoms with van der Waals surface area (Å²) >= 11 is 1.35. The molecule has 1 aromatic carbocycles. The summed E-state index contributed by atoms with van der Waals surface area (Å²) < 4.78 is 0. The van der Waals surface area contributed by atoms with Gasteiger partial charge in [0.05, 0.1) is 11.6 Å². The van der Waals surface area contributed by atoms with Gasteiger partial charge in [0.15, 0.2) is 0 Å². The zero-order valence-electron chi connectivity index (χ0n) is 14.5. The van der Waals surface area contributed by atoms with E-state index >= 15 is 0 Å². The topological polar surface area (TPSA) is 94.3 Å². The predicted octanol–water partition coefficient (Wildman–Crippen LogP) is 3.75. The summed E-state index contributed by atoms with van der Waals surface area (Å²) in [6, 6.07) is 8.18. The number of rotatable bonds is 7. The van der Waals surface area contributed by atoms with Gasteiger partial charge in [0.25, 0.3) is 5.91 Å². The number of amides is 1. The van der Waals surface area contributed by atoms with Gasteiger partial charge in [-0.25, -0.2) is 9.78 Å². The fourth-order valence-electron chi connectivity index (χ4n) is 2.61. The summed E-state index contributed by atoms with van der Waals surface area (Å²) in [6.07, 6.45) is 4.63. The van der Waals surface area contributed by atoms with Gasteiger partial charge in [-0.3, -0.25) is 4.79 Å². The molecule has 2 rings (SSSR count). The Morgan fingerprint density at radius 2 is 2.08 bits per heavy atom. The number of thiazole rings is 1. The molecule has 26 heavy (non-hydrogen) atoms. The van der Waals surface area contributed by atoms with Crippen LogP contribution in [0.5, 0.6) is 0 Å². The molecule has 0 fully saturated rings. The van der Waals surface area contributed by atoms with E-state index in [0.29, 0.717) is 11.4 Å². The molecule has 7 heteroatoms. The zero-order chi connectivity index (χ0) is 19.1. The van der Waals surface area contributed by atoms with Gasteiger partial charge in [0.1, 0.15) is 16.6 Å². The van der Waals surface area contributed by atoms with E-state index in [0.717, 1.165) is 12.0 Å². The summed E-state index contributed by atoms with van der Waals surface area (Å²) in [5.41, 5.74) is 1.05. The molecule has 2 aromatic rings. The lowest BCUT2D eigenvalue weighted by Crippen LogP contribution is -2.32. The van der Waals surface area contributed by atoms with E-state index in [9.17, 15) is 14.9 Å². The van der Waals surface area contributed by atoms with E-state index in [1.54, 1.807) is 30.8 Å². The average Bonchev–Trinajstić information content (AvgIpc) is 3.16. The Morgan fingerprint density at radius 1 is 1.38 bits per heavy atom. The molecule has 1 heterocycles. The molecule has 1 atom stereocenters. The first-order chi connectivity index (χ1) is 12.5. The van der Waals surface area contributed by atoms with Crippen molar-refractivity contribution in [1.82, 2.24) is 9.88 Å². The molecular weight excluding hydrogens is 350 g/mol. The Morgan fingerprint density at radius 3 is 2.58 bits per heavy atom. The Kier molecular flexibility index (Phi) is 6.64. The summed E-state index contributed by atoms with van der Waals surface area (Å²) in [4.78, 5) is 29.4. The standard InChI is InChI=1S/C19H19N3O3S/c1-3-4-16(13-5-7-14(8-6-13)19(24)25)22(2)18(23)15(12-20)11-17-21-9-10-26-17/h5-11,16H,3-4H2,1-2H3,(H,24,25). The first-order valence-corrected chi connectivity index (χ1v) is 8.97. The first-order valence-electron chi connectivity index (χ1n) is 8.09. The quantitative estimate of drug-likeness (QED) is 0.592. The second kappa shape index (κ2) is 8.92. The number of hydrogen-bond acceptors (Lipinski definition) is 5. The number of benzene rings is 1. The number of nitriles is 1. The highest BCUT2D eigenvalue weighted by atomic mass is 32.1. The highest BCUT2D eigenvalue weighted by Gasteiger charge is 2.24.